The number of halogens is 2. The summed E-state index contributed by atoms with van der Waals surface area (Å²) in [6.45, 7) is 2.05. The number of hydrogen-bond acceptors (Lipinski definition) is 6. The maximum atomic E-state index is 14.7. The predicted molar refractivity (Wildman–Crippen MR) is 148 cm³/mol. The van der Waals surface area contributed by atoms with Crippen LogP contribution in [0.4, 0.5) is 18.4 Å². The van der Waals surface area contributed by atoms with Gasteiger partial charge in [0.25, 0.3) is 0 Å². The first kappa shape index (κ1) is 28.1. The maximum Gasteiger partial charge on any atom is 0.410 e. The van der Waals surface area contributed by atoms with Crippen LogP contribution in [0.3, 0.4) is 0 Å². The smallest absolute Gasteiger partial charge is 0.410 e. The van der Waals surface area contributed by atoms with E-state index in [0.29, 0.717) is 64.1 Å². The van der Waals surface area contributed by atoms with Gasteiger partial charge in [0.05, 0.1) is 18.7 Å². The van der Waals surface area contributed by atoms with Crippen molar-refractivity contribution in [3.05, 3.63) is 64.2 Å². The molecule has 1 aromatic carbocycles. The van der Waals surface area contributed by atoms with E-state index in [1.165, 1.54) is 17.0 Å². The highest BCUT2D eigenvalue weighted by Crippen LogP contribution is 2.31. The molecule has 42 heavy (non-hydrogen) atoms. The normalized spacial score (nSPS) is 23.6. The van der Waals surface area contributed by atoms with Crippen LogP contribution in [0.5, 0.6) is 0 Å². The minimum atomic E-state index is -0.937. The Hall–Kier alpha value is -4.00. The number of carbonyl (C=O) groups excluding carboxylic acids is 2. The van der Waals surface area contributed by atoms with E-state index in [1.54, 1.807) is 21.7 Å². The lowest BCUT2D eigenvalue weighted by atomic mass is 9.93. The Morgan fingerprint density at radius 2 is 1.86 bits per heavy atom. The molecule has 6 rings (SSSR count). The van der Waals surface area contributed by atoms with Crippen molar-refractivity contribution in [1.82, 2.24) is 29.7 Å². The van der Waals surface area contributed by atoms with E-state index in [9.17, 15) is 23.2 Å². The third kappa shape index (κ3) is 5.83. The van der Waals surface area contributed by atoms with E-state index in [0.717, 1.165) is 11.6 Å². The molecule has 3 saturated heterocycles. The first-order valence-electron chi connectivity index (χ1n) is 14.4. The molecular weight excluding hydrogens is 550 g/mol. The van der Waals surface area contributed by atoms with Gasteiger partial charge in [0, 0.05) is 56.8 Å². The minimum Gasteiger partial charge on any atom is -0.444 e. The van der Waals surface area contributed by atoms with Crippen molar-refractivity contribution in [2.45, 2.75) is 56.2 Å². The van der Waals surface area contributed by atoms with Gasteiger partial charge in [-0.2, -0.15) is 0 Å². The summed E-state index contributed by atoms with van der Waals surface area (Å²) in [6, 6.07) is 6.96. The largest absolute Gasteiger partial charge is 0.444 e. The molecule has 0 radical (unpaired) electrons. The van der Waals surface area contributed by atoms with Crippen LogP contribution in [0.1, 0.15) is 49.6 Å². The quantitative estimate of drug-likeness (QED) is 0.484. The number of imidazole rings is 1. The molecule has 3 amide bonds. The molecule has 3 fully saturated rings. The highest BCUT2D eigenvalue weighted by molar-refractivity contribution is 5.75. The molecule has 3 aliphatic rings. The third-order valence-electron chi connectivity index (χ3n) is 8.51. The number of hydrogen-bond donors (Lipinski definition) is 2. The highest BCUT2D eigenvalue weighted by atomic mass is 19.2. The van der Waals surface area contributed by atoms with E-state index in [2.05, 4.69) is 15.3 Å². The van der Waals surface area contributed by atoms with Gasteiger partial charge in [-0.15, -0.1) is 0 Å². The molecule has 5 heterocycles. The average Bonchev–Trinajstić information content (AvgIpc) is 3.56. The van der Waals surface area contributed by atoms with Crippen LogP contribution in [0.15, 0.2) is 41.3 Å². The Kier molecular flexibility index (Phi) is 8.09. The summed E-state index contributed by atoms with van der Waals surface area (Å²) in [5.74, 6) is -2.32. The number of rotatable bonds is 4. The number of nitrogens with zero attached hydrogens (tertiary/aromatic N) is 4. The molecule has 2 aromatic heterocycles. The molecule has 3 aliphatic heterocycles. The third-order valence-corrected chi connectivity index (χ3v) is 8.51. The number of amides is 3. The van der Waals surface area contributed by atoms with Crippen molar-refractivity contribution in [2.24, 2.45) is 0 Å². The van der Waals surface area contributed by atoms with Crippen LogP contribution < -0.4 is 11.0 Å². The van der Waals surface area contributed by atoms with Gasteiger partial charge >= 0.3 is 17.8 Å². The average molecular weight is 585 g/mol. The van der Waals surface area contributed by atoms with Crippen LogP contribution in [0.25, 0.3) is 11.2 Å². The van der Waals surface area contributed by atoms with Gasteiger partial charge in [-0.1, -0.05) is 12.1 Å². The summed E-state index contributed by atoms with van der Waals surface area (Å²) in [6.07, 6.45) is 3.42. The molecule has 0 bridgehead atoms. The second-order valence-electron chi connectivity index (χ2n) is 11.2. The fourth-order valence-corrected chi connectivity index (χ4v) is 6.29. The summed E-state index contributed by atoms with van der Waals surface area (Å²) in [4.78, 5) is 49.3. The second-order valence-corrected chi connectivity index (χ2v) is 11.2. The van der Waals surface area contributed by atoms with Crippen molar-refractivity contribution in [3.63, 3.8) is 0 Å². The van der Waals surface area contributed by atoms with Gasteiger partial charge in [0.2, 0.25) is 0 Å². The van der Waals surface area contributed by atoms with Gasteiger partial charge in [-0.25, -0.2) is 28.1 Å². The summed E-state index contributed by atoms with van der Waals surface area (Å²) in [7, 11) is 0. The number of carbonyl (C=O) groups is 2. The number of aromatic amines is 1. The molecule has 0 spiro atoms. The van der Waals surface area contributed by atoms with E-state index < -0.39 is 29.7 Å². The number of fused-ring (bicyclic) bond motifs is 1. The molecule has 1 unspecified atom stereocenters. The number of urea groups is 1. The molecule has 0 aliphatic carbocycles. The van der Waals surface area contributed by atoms with Crippen LogP contribution in [-0.2, 0) is 9.47 Å². The maximum absolute atomic E-state index is 14.7. The number of aromatic nitrogens is 3. The topological polar surface area (TPSA) is 122 Å². The molecular formula is C29H34F2N6O5. The molecule has 2 N–H and O–H groups in total. The van der Waals surface area contributed by atoms with E-state index in [-0.39, 0.29) is 42.5 Å². The number of pyridine rings is 1. The standard InChI is InChI=1S/C29H34F2N6O5/c30-23-4-1-3-22(25(23)31)18-6-7-19(16-36(15-18)29(40)42-21-10-14-41-17-21)33-27(38)35-12-8-20(9-13-35)37-24-5-2-11-32-26(24)34-28(37)39/h1-5,11,18-21H,6-10,12-17H2,(H,33,38)(H,32,34,39)/t18-,19-,21?/m1/s1. The van der Waals surface area contributed by atoms with Crippen LogP contribution in [0, 0.1) is 11.6 Å². The van der Waals surface area contributed by atoms with Gasteiger partial charge in [-0.05, 0) is 49.4 Å². The number of nitrogens with one attached hydrogen (secondary N) is 2. The number of benzene rings is 1. The Morgan fingerprint density at radius 3 is 2.64 bits per heavy atom. The monoisotopic (exact) mass is 584 g/mol. The number of H-pyrrole nitrogens is 1. The number of piperidine rings is 1. The minimum absolute atomic E-state index is 0.0656. The molecule has 13 heteroatoms. The Labute approximate surface area is 240 Å². The molecule has 3 aromatic rings. The molecule has 3 atom stereocenters. The zero-order chi connectivity index (χ0) is 29.2. The van der Waals surface area contributed by atoms with Crippen LogP contribution in [-0.4, -0.2) is 88.0 Å². The Bertz CT molecular complexity index is 1500. The first-order chi connectivity index (χ1) is 20.4. The van der Waals surface area contributed by atoms with Crippen molar-refractivity contribution in [3.8, 4) is 0 Å². The fourth-order valence-electron chi connectivity index (χ4n) is 6.29. The van der Waals surface area contributed by atoms with Crippen molar-refractivity contribution < 1.29 is 27.8 Å². The molecule has 0 saturated carbocycles. The summed E-state index contributed by atoms with van der Waals surface area (Å²) >= 11 is 0. The van der Waals surface area contributed by atoms with Crippen molar-refractivity contribution in [1.29, 1.82) is 0 Å². The van der Waals surface area contributed by atoms with E-state index in [4.69, 9.17) is 9.47 Å². The van der Waals surface area contributed by atoms with Crippen LogP contribution in [0.2, 0.25) is 0 Å². The lowest BCUT2D eigenvalue weighted by Crippen LogP contribution is -2.51. The van der Waals surface area contributed by atoms with Gasteiger partial charge in [0.15, 0.2) is 17.3 Å². The molecule has 11 nitrogen and oxygen atoms in total. The van der Waals surface area contributed by atoms with Gasteiger partial charge in [-0.3, -0.25) is 9.55 Å². The lowest BCUT2D eigenvalue weighted by Gasteiger charge is -2.34. The SMILES string of the molecule is O=C(N[C@@H]1CC[C@@H](c2cccc(F)c2F)CN(C(=O)OC2CCOC2)C1)N1CCC(n2c(=O)[nH]c3ncccc32)CC1. The summed E-state index contributed by atoms with van der Waals surface area (Å²) in [5.41, 5.74) is 1.26. The van der Waals surface area contributed by atoms with E-state index >= 15 is 0 Å². The lowest BCUT2D eigenvalue weighted by molar-refractivity contribution is 0.0527. The predicted octanol–water partition coefficient (Wildman–Crippen LogP) is 3.52. The van der Waals surface area contributed by atoms with Crippen molar-refractivity contribution in [2.75, 3.05) is 39.4 Å². The highest BCUT2D eigenvalue weighted by Gasteiger charge is 2.34. The van der Waals surface area contributed by atoms with Crippen molar-refractivity contribution >= 4 is 23.3 Å². The summed E-state index contributed by atoms with van der Waals surface area (Å²) in [5, 5.41) is 3.06. The first-order valence-corrected chi connectivity index (χ1v) is 14.4. The Balaban J connectivity index is 1.12. The zero-order valence-electron chi connectivity index (χ0n) is 23.1. The second kappa shape index (κ2) is 12.1. The number of ether oxygens (including phenoxy) is 2. The summed E-state index contributed by atoms with van der Waals surface area (Å²) < 4.78 is 41.5. The Morgan fingerprint density at radius 1 is 1.02 bits per heavy atom. The molecule has 224 valence electrons. The van der Waals surface area contributed by atoms with Gasteiger partial charge < -0.3 is 24.6 Å². The van der Waals surface area contributed by atoms with E-state index in [1.807, 2.05) is 6.07 Å². The van der Waals surface area contributed by atoms with Crippen LogP contribution >= 0.6 is 0 Å². The fraction of sp³-hybridized carbons (Fsp3) is 0.517. The zero-order valence-corrected chi connectivity index (χ0v) is 23.1. The van der Waals surface area contributed by atoms with Gasteiger partial charge in [0.1, 0.15) is 6.10 Å². The number of likely N-dealkylation sites (tertiary alicyclic amines) is 2.